The third kappa shape index (κ3) is 4.54. The maximum absolute atomic E-state index is 13.7. The van der Waals surface area contributed by atoms with Crippen LogP contribution in [-0.4, -0.2) is 38.1 Å². The van der Waals surface area contributed by atoms with Gasteiger partial charge in [0, 0.05) is 6.54 Å². The van der Waals surface area contributed by atoms with Crippen molar-refractivity contribution in [2.24, 2.45) is 0 Å². The summed E-state index contributed by atoms with van der Waals surface area (Å²) in [6.07, 6.45) is 0. The van der Waals surface area contributed by atoms with Crippen LogP contribution in [0.3, 0.4) is 0 Å². The number of halogens is 3. The SMILES string of the molecule is CCOc1ccc(C(CNC(=O)c2ccc(F)c(F)c2F)N(C)C)cc1. The van der Waals surface area contributed by atoms with Crippen LogP contribution >= 0.6 is 0 Å². The molecular weight excluding hydrogens is 345 g/mol. The molecule has 7 heteroatoms. The zero-order valence-electron chi connectivity index (χ0n) is 14.9. The van der Waals surface area contributed by atoms with Crippen LogP contribution in [0.15, 0.2) is 36.4 Å². The lowest BCUT2D eigenvalue weighted by molar-refractivity contribution is 0.0936. The standard InChI is InChI=1S/C19H21F3N2O2/c1-4-26-13-7-5-12(6-8-13)16(24(2)3)11-23-19(25)14-9-10-15(20)18(22)17(14)21/h5-10,16H,4,11H2,1-3H3,(H,23,25). The Morgan fingerprint density at radius 3 is 2.31 bits per heavy atom. The van der Waals surface area contributed by atoms with Gasteiger partial charge in [0.25, 0.3) is 5.91 Å². The molecule has 1 amide bonds. The predicted molar refractivity (Wildman–Crippen MR) is 92.7 cm³/mol. The average Bonchev–Trinajstić information content (AvgIpc) is 2.61. The van der Waals surface area contributed by atoms with E-state index >= 15 is 0 Å². The Kier molecular flexibility index (Phi) is 6.63. The van der Waals surface area contributed by atoms with Crippen molar-refractivity contribution < 1.29 is 22.7 Å². The molecule has 0 saturated heterocycles. The Labute approximate surface area is 150 Å². The molecule has 2 rings (SSSR count). The van der Waals surface area contributed by atoms with Gasteiger partial charge in [-0.25, -0.2) is 13.2 Å². The zero-order chi connectivity index (χ0) is 19.3. The van der Waals surface area contributed by atoms with Crippen LogP contribution < -0.4 is 10.1 Å². The third-order valence-electron chi connectivity index (χ3n) is 3.94. The normalized spacial score (nSPS) is 12.1. The Morgan fingerprint density at radius 2 is 1.73 bits per heavy atom. The largest absolute Gasteiger partial charge is 0.494 e. The number of hydrogen-bond donors (Lipinski definition) is 1. The molecule has 0 fully saturated rings. The first kappa shape index (κ1) is 19.8. The molecule has 0 heterocycles. The minimum atomic E-state index is -1.66. The van der Waals surface area contributed by atoms with Gasteiger partial charge in [-0.1, -0.05) is 12.1 Å². The summed E-state index contributed by atoms with van der Waals surface area (Å²) in [5.74, 6) is -4.56. The summed E-state index contributed by atoms with van der Waals surface area (Å²) in [6.45, 7) is 2.62. The van der Waals surface area contributed by atoms with E-state index in [1.165, 1.54) is 0 Å². The van der Waals surface area contributed by atoms with E-state index in [1.54, 1.807) is 0 Å². The van der Waals surface area contributed by atoms with E-state index in [9.17, 15) is 18.0 Å². The molecule has 1 unspecified atom stereocenters. The summed E-state index contributed by atoms with van der Waals surface area (Å²) in [5, 5.41) is 2.57. The minimum Gasteiger partial charge on any atom is -0.494 e. The Hall–Kier alpha value is -2.54. The van der Waals surface area contributed by atoms with Gasteiger partial charge in [0.05, 0.1) is 18.2 Å². The van der Waals surface area contributed by atoms with E-state index in [1.807, 2.05) is 50.2 Å². The van der Waals surface area contributed by atoms with Crippen LogP contribution in [-0.2, 0) is 0 Å². The molecule has 2 aromatic carbocycles. The van der Waals surface area contributed by atoms with Gasteiger partial charge in [-0.15, -0.1) is 0 Å². The van der Waals surface area contributed by atoms with Gasteiger partial charge < -0.3 is 15.0 Å². The fraction of sp³-hybridized carbons (Fsp3) is 0.316. The monoisotopic (exact) mass is 366 g/mol. The van der Waals surface area contributed by atoms with Gasteiger partial charge in [0.15, 0.2) is 17.5 Å². The van der Waals surface area contributed by atoms with Gasteiger partial charge in [0.2, 0.25) is 0 Å². The van der Waals surface area contributed by atoms with Crippen molar-refractivity contribution in [3.63, 3.8) is 0 Å². The summed E-state index contributed by atoms with van der Waals surface area (Å²) in [5.41, 5.74) is 0.387. The van der Waals surface area contributed by atoms with Crippen molar-refractivity contribution in [2.75, 3.05) is 27.2 Å². The summed E-state index contributed by atoms with van der Waals surface area (Å²) in [4.78, 5) is 14.0. The zero-order valence-corrected chi connectivity index (χ0v) is 14.9. The van der Waals surface area contributed by atoms with Gasteiger partial charge in [-0.05, 0) is 50.8 Å². The number of rotatable bonds is 7. The van der Waals surface area contributed by atoms with E-state index in [-0.39, 0.29) is 12.6 Å². The van der Waals surface area contributed by atoms with Crippen LogP contribution in [0.1, 0.15) is 28.9 Å². The van der Waals surface area contributed by atoms with Crippen LogP contribution in [0.25, 0.3) is 0 Å². The number of ether oxygens (including phenoxy) is 1. The van der Waals surface area contributed by atoms with E-state index in [0.717, 1.165) is 23.4 Å². The third-order valence-corrected chi connectivity index (χ3v) is 3.94. The lowest BCUT2D eigenvalue weighted by Gasteiger charge is -2.25. The first-order valence-corrected chi connectivity index (χ1v) is 8.16. The highest BCUT2D eigenvalue weighted by atomic mass is 19.2. The van der Waals surface area contributed by atoms with E-state index < -0.39 is 28.9 Å². The molecule has 0 radical (unpaired) electrons. The minimum absolute atomic E-state index is 0.165. The molecule has 2 aromatic rings. The second kappa shape index (κ2) is 8.71. The van der Waals surface area contributed by atoms with Crippen molar-refractivity contribution >= 4 is 5.91 Å². The van der Waals surface area contributed by atoms with Crippen molar-refractivity contribution in [1.29, 1.82) is 0 Å². The molecule has 0 aliphatic rings. The number of benzene rings is 2. The maximum Gasteiger partial charge on any atom is 0.254 e. The molecule has 4 nitrogen and oxygen atoms in total. The summed E-state index contributed by atoms with van der Waals surface area (Å²) < 4.78 is 45.4. The fourth-order valence-electron chi connectivity index (χ4n) is 2.54. The predicted octanol–water partition coefficient (Wildman–Crippen LogP) is 3.54. The van der Waals surface area contributed by atoms with Crippen molar-refractivity contribution in [3.8, 4) is 5.75 Å². The molecular formula is C19H21F3N2O2. The van der Waals surface area contributed by atoms with Crippen LogP contribution in [0.4, 0.5) is 13.2 Å². The number of hydrogen-bond acceptors (Lipinski definition) is 3. The number of nitrogens with one attached hydrogen (secondary N) is 1. The lowest BCUT2D eigenvalue weighted by atomic mass is 10.1. The molecule has 0 saturated carbocycles. The Balaban J connectivity index is 2.11. The highest BCUT2D eigenvalue weighted by Gasteiger charge is 2.21. The maximum atomic E-state index is 13.7. The molecule has 0 spiro atoms. The van der Waals surface area contributed by atoms with Crippen LogP contribution in [0, 0.1) is 17.5 Å². The molecule has 0 aliphatic carbocycles. The van der Waals surface area contributed by atoms with E-state index in [0.29, 0.717) is 6.61 Å². The summed E-state index contributed by atoms with van der Waals surface area (Å²) in [7, 11) is 3.68. The highest BCUT2D eigenvalue weighted by molar-refractivity contribution is 5.94. The number of carbonyl (C=O) groups excluding carboxylic acids is 1. The second-order valence-corrected chi connectivity index (χ2v) is 5.91. The number of likely N-dealkylation sites (N-methyl/N-ethyl adjacent to an activating group) is 1. The number of nitrogens with zero attached hydrogens (tertiary/aromatic N) is 1. The molecule has 26 heavy (non-hydrogen) atoms. The Morgan fingerprint density at radius 1 is 1.08 bits per heavy atom. The van der Waals surface area contributed by atoms with Gasteiger partial charge in [-0.3, -0.25) is 4.79 Å². The lowest BCUT2D eigenvalue weighted by Crippen LogP contribution is -2.35. The van der Waals surface area contributed by atoms with E-state index in [4.69, 9.17) is 4.74 Å². The first-order chi connectivity index (χ1) is 12.3. The van der Waals surface area contributed by atoms with Crippen molar-refractivity contribution in [3.05, 3.63) is 65.0 Å². The van der Waals surface area contributed by atoms with Gasteiger partial charge in [0.1, 0.15) is 5.75 Å². The summed E-state index contributed by atoms with van der Waals surface area (Å²) in [6, 6.07) is 8.86. The first-order valence-electron chi connectivity index (χ1n) is 8.16. The average molecular weight is 366 g/mol. The van der Waals surface area contributed by atoms with Gasteiger partial charge >= 0.3 is 0 Å². The fourth-order valence-corrected chi connectivity index (χ4v) is 2.54. The molecule has 0 aromatic heterocycles. The molecule has 0 aliphatic heterocycles. The molecule has 1 N–H and O–H groups in total. The van der Waals surface area contributed by atoms with Crippen molar-refractivity contribution in [2.45, 2.75) is 13.0 Å². The topological polar surface area (TPSA) is 41.6 Å². The summed E-state index contributed by atoms with van der Waals surface area (Å²) >= 11 is 0. The molecule has 1 atom stereocenters. The highest BCUT2D eigenvalue weighted by Crippen LogP contribution is 2.21. The Bertz CT molecular complexity index is 764. The second-order valence-electron chi connectivity index (χ2n) is 5.91. The quantitative estimate of drug-likeness (QED) is 0.762. The van der Waals surface area contributed by atoms with Crippen molar-refractivity contribution in [1.82, 2.24) is 10.2 Å². The van der Waals surface area contributed by atoms with E-state index in [2.05, 4.69) is 5.32 Å². The number of carbonyl (C=O) groups is 1. The van der Waals surface area contributed by atoms with Crippen LogP contribution in [0.2, 0.25) is 0 Å². The van der Waals surface area contributed by atoms with Crippen LogP contribution in [0.5, 0.6) is 5.75 Å². The molecule has 0 bridgehead atoms. The number of amides is 1. The molecule has 140 valence electrons. The smallest absolute Gasteiger partial charge is 0.254 e. The van der Waals surface area contributed by atoms with Gasteiger partial charge in [-0.2, -0.15) is 0 Å².